The molecule has 31 heavy (non-hydrogen) atoms. The maximum atomic E-state index is 5.73. The van der Waals surface area contributed by atoms with Gasteiger partial charge in [-0.25, -0.2) is 0 Å². The van der Waals surface area contributed by atoms with Crippen LogP contribution in [0.15, 0.2) is 23.2 Å². The summed E-state index contributed by atoms with van der Waals surface area (Å²) in [5.74, 6) is 2.96. The van der Waals surface area contributed by atoms with E-state index in [0.29, 0.717) is 25.7 Å². The van der Waals surface area contributed by atoms with E-state index in [1.807, 2.05) is 12.1 Å². The minimum atomic E-state index is 0.129. The highest BCUT2D eigenvalue weighted by Crippen LogP contribution is 2.31. The average molecular weight is 437 g/mol. The van der Waals surface area contributed by atoms with Crippen molar-refractivity contribution in [3.63, 3.8) is 0 Å². The molecule has 8 heteroatoms. The number of nitrogens with one attached hydrogen (secondary N) is 1. The minimum Gasteiger partial charge on any atom is -0.493 e. The molecule has 8 nitrogen and oxygen atoms in total. The highest BCUT2D eigenvalue weighted by molar-refractivity contribution is 5.80. The van der Waals surface area contributed by atoms with Gasteiger partial charge in [0.05, 0.1) is 46.6 Å². The smallest absolute Gasteiger partial charge is 0.193 e. The van der Waals surface area contributed by atoms with Crippen LogP contribution >= 0.6 is 0 Å². The van der Waals surface area contributed by atoms with E-state index in [-0.39, 0.29) is 6.04 Å². The van der Waals surface area contributed by atoms with E-state index >= 15 is 0 Å². The second-order valence-electron chi connectivity index (χ2n) is 7.96. The number of ether oxygens (including phenoxy) is 4. The summed E-state index contributed by atoms with van der Waals surface area (Å²) in [4.78, 5) is 9.52. The fourth-order valence-electron chi connectivity index (χ4n) is 3.78. The number of methoxy groups -OCH3 is 3. The quantitative estimate of drug-likeness (QED) is 0.306. The Morgan fingerprint density at radius 2 is 1.97 bits per heavy atom. The van der Waals surface area contributed by atoms with Gasteiger partial charge < -0.3 is 34.1 Å². The zero-order valence-electron chi connectivity index (χ0n) is 20.0. The van der Waals surface area contributed by atoms with E-state index in [1.54, 1.807) is 21.3 Å². The van der Waals surface area contributed by atoms with Crippen molar-refractivity contribution in [2.75, 3.05) is 81.4 Å². The summed E-state index contributed by atoms with van der Waals surface area (Å²) in [5.41, 5.74) is 1.15. The Morgan fingerprint density at radius 3 is 2.61 bits per heavy atom. The van der Waals surface area contributed by atoms with Crippen molar-refractivity contribution in [3.8, 4) is 11.5 Å². The molecule has 1 heterocycles. The van der Waals surface area contributed by atoms with E-state index in [1.165, 1.54) is 0 Å². The third-order valence-electron chi connectivity index (χ3n) is 5.54. The van der Waals surface area contributed by atoms with Crippen LogP contribution in [0.1, 0.15) is 24.9 Å². The van der Waals surface area contributed by atoms with Crippen molar-refractivity contribution >= 4 is 5.96 Å². The molecular weight excluding hydrogens is 396 g/mol. The fraction of sp³-hybridized carbons (Fsp3) is 0.696. The first-order valence-electron chi connectivity index (χ1n) is 11.0. The summed E-state index contributed by atoms with van der Waals surface area (Å²) in [5, 5.41) is 3.46. The number of rotatable bonds is 12. The number of likely N-dealkylation sites (tertiary alicyclic amines) is 1. The van der Waals surface area contributed by atoms with Gasteiger partial charge in [-0.1, -0.05) is 6.07 Å². The molecular formula is C23H40N4O4. The molecule has 0 bridgehead atoms. The first kappa shape index (κ1) is 25.2. The van der Waals surface area contributed by atoms with Crippen LogP contribution in [0.4, 0.5) is 0 Å². The molecule has 1 aliphatic rings. The zero-order chi connectivity index (χ0) is 22.6. The number of guanidine groups is 1. The van der Waals surface area contributed by atoms with E-state index in [4.69, 9.17) is 23.9 Å². The van der Waals surface area contributed by atoms with Gasteiger partial charge in [0.1, 0.15) is 0 Å². The SMILES string of the molecule is CCNC(=NCC(c1ccc(OC)c(OC)c1)N(C)C)N1CCC(COCCOC)C1. The minimum absolute atomic E-state index is 0.129. The summed E-state index contributed by atoms with van der Waals surface area (Å²) in [6.45, 7) is 7.61. The van der Waals surface area contributed by atoms with Crippen molar-refractivity contribution < 1.29 is 18.9 Å². The predicted octanol–water partition coefficient (Wildman–Crippen LogP) is 2.26. The number of benzene rings is 1. The maximum Gasteiger partial charge on any atom is 0.193 e. The molecule has 0 saturated carbocycles. The second-order valence-corrected chi connectivity index (χ2v) is 7.96. The highest BCUT2D eigenvalue weighted by Gasteiger charge is 2.25. The summed E-state index contributed by atoms with van der Waals surface area (Å²) in [6.07, 6.45) is 1.12. The van der Waals surface area contributed by atoms with Gasteiger partial charge in [-0.3, -0.25) is 4.99 Å². The number of likely N-dealkylation sites (N-methyl/N-ethyl adjacent to an activating group) is 1. The molecule has 1 fully saturated rings. The molecule has 176 valence electrons. The van der Waals surface area contributed by atoms with Gasteiger partial charge in [0.15, 0.2) is 17.5 Å². The Hall–Kier alpha value is -2.03. The molecule has 1 aromatic carbocycles. The fourth-order valence-corrected chi connectivity index (χ4v) is 3.78. The van der Waals surface area contributed by atoms with Crippen LogP contribution in [0.2, 0.25) is 0 Å². The predicted molar refractivity (Wildman–Crippen MR) is 124 cm³/mol. The molecule has 2 rings (SSSR count). The normalized spacial score (nSPS) is 17.8. The van der Waals surface area contributed by atoms with Gasteiger partial charge in [-0.05, 0) is 45.1 Å². The summed E-state index contributed by atoms with van der Waals surface area (Å²) < 4.78 is 21.7. The van der Waals surface area contributed by atoms with Crippen LogP contribution in [0.5, 0.6) is 11.5 Å². The van der Waals surface area contributed by atoms with Gasteiger partial charge in [0.2, 0.25) is 0 Å². The molecule has 0 spiro atoms. The zero-order valence-corrected chi connectivity index (χ0v) is 20.0. The van der Waals surface area contributed by atoms with Gasteiger partial charge in [-0.2, -0.15) is 0 Å². The molecule has 1 N–H and O–H groups in total. The van der Waals surface area contributed by atoms with E-state index in [2.05, 4.69) is 42.2 Å². The molecule has 1 saturated heterocycles. The Kier molecular flexibility index (Phi) is 10.9. The summed E-state index contributed by atoms with van der Waals surface area (Å²) >= 11 is 0. The topological polar surface area (TPSA) is 67.8 Å². The first-order valence-corrected chi connectivity index (χ1v) is 11.0. The third-order valence-corrected chi connectivity index (χ3v) is 5.54. The van der Waals surface area contributed by atoms with Crippen molar-refractivity contribution in [3.05, 3.63) is 23.8 Å². The number of hydrogen-bond acceptors (Lipinski definition) is 6. The van der Waals surface area contributed by atoms with Crippen LogP contribution in [-0.4, -0.2) is 97.2 Å². The Bertz CT molecular complexity index is 684. The molecule has 2 atom stereocenters. The van der Waals surface area contributed by atoms with E-state index < -0.39 is 0 Å². The first-order chi connectivity index (χ1) is 15.0. The molecule has 2 unspecified atom stereocenters. The Morgan fingerprint density at radius 1 is 1.19 bits per heavy atom. The van der Waals surface area contributed by atoms with Crippen LogP contribution in [0.3, 0.4) is 0 Å². The van der Waals surface area contributed by atoms with Gasteiger partial charge in [0.25, 0.3) is 0 Å². The lowest BCUT2D eigenvalue weighted by atomic mass is 10.1. The Labute approximate surface area is 187 Å². The third kappa shape index (κ3) is 7.55. The van der Waals surface area contributed by atoms with Crippen LogP contribution in [-0.2, 0) is 9.47 Å². The number of aliphatic imine (C=N–C) groups is 1. The highest BCUT2D eigenvalue weighted by atomic mass is 16.5. The van der Waals surface area contributed by atoms with Crippen molar-refractivity contribution in [1.82, 2.24) is 15.1 Å². The number of hydrogen-bond donors (Lipinski definition) is 1. The Balaban J connectivity index is 2.06. The largest absolute Gasteiger partial charge is 0.493 e. The second kappa shape index (κ2) is 13.4. The van der Waals surface area contributed by atoms with Gasteiger partial charge in [-0.15, -0.1) is 0 Å². The summed E-state index contributed by atoms with van der Waals surface area (Å²) in [6, 6.07) is 6.20. The summed E-state index contributed by atoms with van der Waals surface area (Å²) in [7, 11) is 9.17. The molecule has 0 aliphatic carbocycles. The maximum absolute atomic E-state index is 5.73. The molecule has 1 aromatic rings. The van der Waals surface area contributed by atoms with Crippen LogP contribution in [0.25, 0.3) is 0 Å². The lowest BCUT2D eigenvalue weighted by molar-refractivity contribution is 0.0536. The molecule has 0 amide bonds. The van der Waals surface area contributed by atoms with Crippen molar-refractivity contribution in [2.24, 2.45) is 10.9 Å². The van der Waals surface area contributed by atoms with Crippen LogP contribution < -0.4 is 14.8 Å². The standard InChI is InChI=1S/C23H40N4O4/c1-7-24-23(27-11-10-18(16-27)17-31-13-12-28-4)25-15-20(26(2)3)19-8-9-21(29-5)22(14-19)30-6/h8-9,14,18,20H,7,10-13,15-17H2,1-6H3,(H,24,25). The lowest BCUT2D eigenvalue weighted by Gasteiger charge is -2.26. The van der Waals surface area contributed by atoms with Gasteiger partial charge >= 0.3 is 0 Å². The van der Waals surface area contributed by atoms with Gasteiger partial charge in [0, 0.05) is 32.7 Å². The molecule has 0 radical (unpaired) electrons. The van der Waals surface area contributed by atoms with Crippen molar-refractivity contribution in [1.29, 1.82) is 0 Å². The van der Waals surface area contributed by atoms with E-state index in [9.17, 15) is 0 Å². The average Bonchev–Trinajstić information content (AvgIpc) is 3.24. The number of nitrogens with zero attached hydrogens (tertiary/aromatic N) is 3. The molecule has 1 aliphatic heterocycles. The van der Waals surface area contributed by atoms with Crippen molar-refractivity contribution in [2.45, 2.75) is 19.4 Å². The monoisotopic (exact) mass is 436 g/mol. The lowest BCUT2D eigenvalue weighted by Crippen LogP contribution is -2.41. The van der Waals surface area contributed by atoms with Crippen LogP contribution in [0, 0.1) is 5.92 Å². The molecule has 0 aromatic heterocycles. The van der Waals surface area contributed by atoms with E-state index in [0.717, 1.165) is 55.7 Å².